The lowest BCUT2D eigenvalue weighted by Gasteiger charge is -2.32. The van der Waals surface area contributed by atoms with Crippen molar-refractivity contribution < 1.29 is 4.79 Å². The van der Waals surface area contributed by atoms with E-state index in [0.717, 1.165) is 18.4 Å². The minimum atomic E-state index is -0.173. The number of likely N-dealkylation sites (tertiary alicyclic amines) is 1. The van der Waals surface area contributed by atoms with Crippen LogP contribution in [0.4, 0.5) is 0 Å². The lowest BCUT2D eigenvalue weighted by molar-refractivity contribution is -0.133. The van der Waals surface area contributed by atoms with E-state index in [1.54, 1.807) is 41.1 Å². The van der Waals surface area contributed by atoms with E-state index in [9.17, 15) is 14.4 Å². The molecule has 0 N–H and O–H groups in total. The van der Waals surface area contributed by atoms with Crippen molar-refractivity contribution in [1.29, 1.82) is 0 Å². The lowest BCUT2D eigenvalue weighted by atomic mass is 9.96. The summed E-state index contributed by atoms with van der Waals surface area (Å²) < 4.78 is 4.73. The Labute approximate surface area is 173 Å². The van der Waals surface area contributed by atoms with E-state index in [2.05, 4.69) is 9.97 Å². The van der Waals surface area contributed by atoms with Crippen molar-refractivity contribution in [2.24, 2.45) is 13.0 Å². The maximum absolute atomic E-state index is 12.7. The van der Waals surface area contributed by atoms with Crippen LogP contribution in [0, 0.1) is 19.8 Å². The van der Waals surface area contributed by atoms with Gasteiger partial charge < -0.3 is 4.90 Å². The minimum Gasteiger partial charge on any atom is -0.341 e. The Balaban J connectivity index is 1.41. The van der Waals surface area contributed by atoms with Gasteiger partial charge in [0.05, 0.1) is 11.8 Å². The van der Waals surface area contributed by atoms with Crippen LogP contribution in [0.1, 0.15) is 24.1 Å². The molecule has 1 aliphatic rings. The van der Waals surface area contributed by atoms with Crippen LogP contribution in [0.25, 0.3) is 11.2 Å². The smallest absolute Gasteiger partial charge is 0.330 e. The van der Waals surface area contributed by atoms with Crippen molar-refractivity contribution in [2.45, 2.75) is 39.8 Å². The van der Waals surface area contributed by atoms with Crippen molar-refractivity contribution in [3.8, 4) is 0 Å². The fourth-order valence-electron chi connectivity index (χ4n) is 4.05. The molecule has 9 nitrogen and oxygen atoms in total. The Hall–Kier alpha value is -3.23. The van der Waals surface area contributed by atoms with Gasteiger partial charge in [-0.2, -0.15) is 0 Å². The van der Waals surface area contributed by atoms with Gasteiger partial charge in [-0.1, -0.05) is 0 Å². The summed E-state index contributed by atoms with van der Waals surface area (Å²) in [7, 11) is 1.76. The number of aryl methyl sites for hydroxylation is 2. The number of carbonyl (C=O) groups is 1. The SMILES string of the molecule is Cc1ncn(CC(=O)N2CCC(Cn3c(=O)n(C)c4cccnc43)CC2)c(=O)c1C. The number of piperidine rings is 1. The number of carbonyl (C=O) groups excluding carboxylic acids is 1. The number of pyridine rings is 1. The quantitative estimate of drug-likeness (QED) is 0.635. The number of rotatable bonds is 4. The van der Waals surface area contributed by atoms with Crippen molar-refractivity contribution in [1.82, 2.24) is 28.6 Å². The first-order valence-corrected chi connectivity index (χ1v) is 10.2. The Morgan fingerprint density at radius 3 is 2.63 bits per heavy atom. The van der Waals surface area contributed by atoms with Gasteiger partial charge in [-0.15, -0.1) is 0 Å². The molecule has 0 saturated carbocycles. The molecule has 30 heavy (non-hydrogen) atoms. The van der Waals surface area contributed by atoms with E-state index >= 15 is 0 Å². The van der Waals surface area contributed by atoms with Crippen LogP contribution in [0.2, 0.25) is 0 Å². The predicted molar refractivity (Wildman–Crippen MR) is 112 cm³/mol. The number of imidazole rings is 1. The predicted octanol–water partition coefficient (Wildman–Crippen LogP) is 0.847. The number of aromatic nitrogens is 5. The van der Waals surface area contributed by atoms with Crippen LogP contribution in [0.3, 0.4) is 0 Å². The molecule has 0 bridgehead atoms. The second-order valence-corrected chi connectivity index (χ2v) is 8.01. The van der Waals surface area contributed by atoms with Gasteiger partial charge in [0.2, 0.25) is 5.91 Å². The zero-order valence-corrected chi connectivity index (χ0v) is 17.5. The molecule has 1 amide bonds. The maximum atomic E-state index is 12.7. The van der Waals surface area contributed by atoms with Gasteiger partial charge in [0.25, 0.3) is 5.56 Å². The fraction of sp³-hybridized carbons (Fsp3) is 0.476. The topological polar surface area (TPSA) is 95.0 Å². The first kappa shape index (κ1) is 20.1. The van der Waals surface area contributed by atoms with Gasteiger partial charge in [0.15, 0.2) is 5.65 Å². The summed E-state index contributed by atoms with van der Waals surface area (Å²) in [6.45, 7) is 5.33. The Morgan fingerprint density at radius 1 is 1.17 bits per heavy atom. The van der Waals surface area contributed by atoms with Gasteiger partial charge in [-0.3, -0.25) is 23.3 Å². The normalized spacial score (nSPS) is 15.1. The Morgan fingerprint density at radius 2 is 1.90 bits per heavy atom. The average Bonchev–Trinajstić information content (AvgIpc) is 3.00. The molecule has 1 fully saturated rings. The molecule has 3 aromatic heterocycles. The van der Waals surface area contributed by atoms with E-state index in [1.807, 2.05) is 12.1 Å². The molecule has 0 radical (unpaired) electrons. The average molecular weight is 410 g/mol. The largest absolute Gasteiger partial charge is 0.341 e. The molecule has 158 valence electrons. The highest BCUT2D eigenvalue weighted by Crippen LogP contribution is 2.20. The van der Waals surface area contributed by atoms with Crippen molar-refractivity contribution >= 4 is 17.1 Å². The number of nitrogens with zero attached hydrogens (tertiary/aromatic N) is 6. The molecule has 1 aliphatic heterocycles. The molecule has 0 aromatic carbocycles. The summed E-state index contributed by atoms with van der Waals surface area (Å²) in [6.07, 6.45) is 4.75. The van der Waals surface area contributed by atoms with Crippen LogP contribution in [0.5, 0.6) is 0 Å². The lowest BCUT2D eigenvalue weighted by Crippen LogP contribution is -2.42. The molecule has 0 unspecified atom stereocenters. The van der Waals surface area contributed by atoms with Crippen LogP contribution in [0.15, 0.2) is 34.2 Å². The van der Waals surface area contributed by atoms with Crippen molar-refractivity contribution in [2.75, 3.05) is 13.1 Å². The van der Waals surface area contributed by atoms with E-state index in [-0.39, 0.29) is 23.7 Å². The van der Waals surface area contributed by atoms with Crippen molar-refractivity contribution in [3.05, 3.63) is 56.8 Å². The highest BCUT2D eigenvalue weighted by molar-refractivity contribution is 5.76. The van der Waals surface area contributed by atoms with Gasteiger partial charge in [-0.05, 0) is 44.7 Å². The summed E-state index contributed by atoms with van der Waals surface area (Å²) in [5.74, 6) is 0.218. The summed E-state index contributed by atoms with van der Waals surface area (Å²) in [4.78, 5) is 48.0. The summed E-state index contributed by atoms with van der Waals surface area (Å²) in [6, 6.07) is 3.72. The standard InChI is InChI=1S/C21H26N6O3/c1-14-15(2)23-13-26(20(14)29)12-18(28)25-9-6-16(7-10-25)11-27-19-17(5-4-8-22-19)24(3)21(27)30/h4-5,8,13,16H,6-7,9-12H2,1-3H3. The Kier molecular flexibility index (Phi) is 5.27. The number of fused-ring (bicyclic) bond motifs is 1. The summed E-state index contributed by atoms with van der Waals surface area (Å²) in [5, 5.41) is 0. The zero-order chi connectivity index (χ0) is 21.4. The monoisotopic (exact) mass is 410 g/mol. The third kappa shape index (κ3) is 3.55. The first-order valence-electron chi connectivity index (χ1n) is 10.2. The minimum absolute atomic E-state index is 0.00429. The van der Waals surface area contributed by atoms with Gasteiger partial charge >= 0.3 is 5.69 Å². The van der Waals surface area contributed by atoms with E-state index in [0.29, 0.717) is 42.5 Å². The highest BCUT2D eigenvalue weighted by Gasteiger charge is 2.25. The van der Waals surface area contributed by atoms with E-state index < -0.39 is 0 Å². The molecule has 0 aliphatic carbocycles. The molecule has 1 saturated heterocycles. The number of hydrogen-bond donors (Lipinski definition) is 0. The second kappa shape index (κ2) is 7.89. The van der Waals surface area contributed by atoms with Crippen LogP contribution < -0.4 is 11.2 Å². The molecule has 0 atom stereocenters. The number of hydrogen-bond acceptors (Lipinski definition) is 5. The van der Waals surface area contributed by atoms with Crippen molar-refractivity contribution in [3.63, 3.8) is 0 Å². The summed E-state index contributed by atoms with van der Waals surface area (Å²) >= 11 is 0. The zero-order valence-electron chi connectivity index (χ0n) is 17.5. The van der Waals surface area contributed by atoms with E-state index in [4.69, 9.17) is 0 Å². The fourth-order valence-corrected chi connectivity index (χ4v) is 4.05. The molecule has 0 spiro atoms. The van der Waals surface area contributed by atoms with E-state index in [1.165, 1.54) is 10.9 Å². The second-order valence-electron chi connectivity index (χ2n) is 8.01. The molecular weight excluding hydrogens is 384 g/mol. The van der Waals surface area contributed by atoms with Gasteiger partial charge in [-0.25, -0.2) is 14.8 Å². The number of amides is 1. The van der Waals surface area contributed by atoms with Crippen LogP contribution >= 0.6 is 0 Å². The first-order chi connectivity index (χ1) is 14.4. The van der Waals surface area contributed by atoms with Crippen LogP contribution in [-0.2, 0) is 24.9 Å². The molecular formula is C21H26N6O3. The molecule has 4 heterocycles. The molecule has 9 heteroatoms. The molecule has 4 rings (SSSR count). The molecule has 3 aromatic rings. The third-order valence-corrected chi connectivity index (χ3v) is 6.13. The third-order valence-electron chi connectivity index (χ3n) is 6.13. The highest BCUT2D eigenvalue weighted by atomic mass is 16.2. The Bertz CT molecular complexity index is 1210. The van der Waals surface area contributed by atoms with Gasteiger partial charge in [0, 0.05) is 44.1 Å². The summed E-state index contributed by atoms with van der Waals surface area (Å²) in [5.41, 5.74) is 2.53. The maximum Gasteiger partial charge on any atom is 0.330 e. The van der Waals surface area contributed by atoms with Crippen LogP contribution in [-0.4, -0.2) is 47.6 Å². The van der Waals surface area contributed by atoms with Gasteiger partial charge in [0.1, 0.15) is 6.54 Å².